The van der Waals surface area contributed by atoms with Crippen molar-refractivity contribution in [1.82, 2.24) is 35.0 Å². The van der Waals surface area contributed by atoms with Gasteiger partial charge in [-0.05, 0) is 45.0 Å². The molecule has 0 bridgehead atoms. The molecule has 4 aromatic rings. The molecule has 2 heterocycles. The molecule has 0 spiro atoms. The number of hydrogen-bond donors (Lipinski definition) is 1. The Morgan fingerprint density at radius 2 is 1.84 bits per heavy atom. The number of hydrogen-bond acceptors (Lipinski definition) is 5. The Morgan fingerprint density at radius 1 is 1.06 bits per heavy atom. The van der Waals surface area contributed by atoms with Crippen molar-refractivity contribution < 1.29 is 0 Å². The topological polar surface area (TPSA) is 94.3 Å². The molecule has 0 fully saturated rings. The van der Waals surface area contributed by atoms with Crippen LogP contribution in [0.1, 0.15) is 38.6 Å². The van der Waals surface area contributed by atoms with E-state index < -0.39 is 0 Å². The Balaban J connectivity index is 1.60. The van der Waals surface area contributed by atoms with Gasteiger partial charge in [-0.2, -0.15) is 0 Å². The highest BCUT2D eigenvalue weighted by Crippen LogP contribution is 2.24. The van der Waals surface area contributed by atoms with Crippen molar-refractivity contribution in [2.24, 2.45) is 5.92 Å². The van der Waals surface area contributed by atoms with E-state index in [-0.39, 0.29) is 5.69 Å². The van der Waals surface area contributed by atoms with Gasteiger partial charge < -0.3 is 0 Å². The molecular weight excluding hydrogens is 402 g/mol. The molecule has 0 aliphatic carbocycles. The van der Waals surface area contributed by atoms with Gasteiger partial charge in [-0.15, -0.1) is 10.2 Å². The van der Waals surface area contributed by atoms with Gasteiger partial charge in [-0.1, -0.05) is 69.2 Å². The van der Waals surface area contributed by atoms with Crippen LogP contribution in [0, 0.1) is 17.8 Å². The van der Waals surface area contributed by atoms with Crippen molar-refractivity contribution >= 4 is 0 Å². The van der Waals surface area contributed by atoms with Crippen LogP contribution in [0.15, 0.2) is 53.3 Å². The van der Waals surface area contributed by atoms with Gasteiger partial charge in [-0.25, -0.2) is 14.6 Å². The molecule has 0 atom stereocenters. The van der Waals surface area contributed by atoms with Gasteiger partial charge in [0, 0.05) is 18.5 Å². The van der Waals surface area contributed by atoms with Crippen molar-refractivity contribution in [3.05, 3.63) is 70.4 Å². The summed E-state index contributed by atoms with van der Waals surface area (Å²) < 4.78 is 3.17. The summed E-state index contributed by atoms with van der Waals surface area (Å²) in [6, 6.07) is 16.2. The quantitative estimate of drug-likeness (QED) is 0.476. The lowest BCUT2D eigenvalue weighted by molar-refractivity contribution is 0.466. The highest BCUT2D eigenvalue weighted by Gasteiger charge is 2.13. The molecule has 4 rings (SSSR count). The van der Waals surface area contributed by atoms with E-state index in [1.54, 1.807) is 4.57 Å². The predicted octanol–water partition coefficient (Wildman–Crippen LogP) is 3.36. The summed E-state index contributed by atoms with van der Waals surface area (Å²) >= 11 is 0. The highest BCUT2D eigenvalue weighted by atomic mass is 16.2. The third kappa shape index (κ3) is 4.67. The maximum absolute atomic E-state index is 12.9. The molecule has 8 nitrogen and oxygen atoms in total. The van der Waals surface area contributed by atoms with Crippen molar-refractivity contribution in [3.63, 3.8) is 0 Å². The van der Waals surface area contributed by atoms with E-state index in [0.717, 1.165) is 22.3 Å². The van der Waals surface area contributed by atoms with E-state index in [0.29, 0.717) is 37.1 Å². The first-order valence-corrected chi connectivity index (χ1v) is 10.6. The highest BCUT2D eigenvalue weighted by molar-refractivity contribution is 5.70. The zero-order valence-corrected chi connectivity index (χ0v) is 18.4. The van der Waals surface area contributed by atoms with E-state index in [9.17, 15) is 4.79 Å². The van der Waals surface area contributed by atoms with Crippen LogP contribution in [0.2, 0.25) is 0 Å². The zero-order chi connectivity index (χ0) is 22.5. The predicted molar refractivity (Wildman–Crippen MR) is 123 cm³/mol. The first-order valence-electron chi connectivity index (χ1n) is 10.6. The van der Waals surface area contributed by atoms with Crippen LogP contribution in [0.4, 0.5) is 0 Å². The molecule has 0 saturated carbocycles. The minimum Gasteiger partial charge on any atom is -0.264 e. The van der Waals surface area contributed by atoms with Crippen molar-refractivity contribution in [1.29, 1.82) is 0 Å². The number of nitrogens with zero attached hydrogens (tertiary/aromatic N) is 6. The van der Waals surface area contributed by atoms with Crippen molar-refractivity contribution in [2.75, 3.05) is 0 Å². The Hall–Kier alpha value is -3.99. The molecule has 162 valence electrons. The van der Waals surface area contributed by atoms with Crippen molar-refractivity contribution in [3.8, 4) is 34.4 Å². The maximum atomic E-state index is 12.9. The average Bonchev–Trinajstić information content (AvgIpc) is 3.43. The minimum atomic E-state index is -0.128. The first-order chi connectivity index (χ1) is 15.5. The Kier molecular flexibility index (Phi) is 6.26. The number of aromatic nitrogens is 7. The Bertz CT molecular complexity index is 1300. The monoisotopic (exact) mass is 427 g/mol. The second-order valence-electron chi connectivity index (χ2n) is 7.95. The summed E-state index contributed by atoms with van der Waals surface area (Å²) in [6.45, 7) is 7.11. The molecule has 32 heavy (non-hydrogen) atoms. The third-order valence-electron chi connectivity index (χ3n) is 4.95. The number of H-pyrrole nitrogens is 1. The molecule has 8 heteroatoms. The van der Waals surface area contributed by atoms with E-state index in [1.165, 1.54) is 4.68 Å². The Labute approximate surface area is 186 Å². The molecule has 0 amide bonds. The van der Waals surface area contributed by atoms with Crippen LogP contribution in [0.25, 0.3) is 22.5 Å². The van der Waals surface area contributed by atoms with Gasteiger partial charge in [0.2, 0.25) is 5.82 Å². The lowest BCUT2D eigenvalue weighted by Gasteiger charge is -2.07. The average molecular weight is 428 g/mol. The molecule has 0 aliphatic rings. The second kappa shape index (κ2) is 9.43. The van der Waals surface area contributed by atoms with E-state index in [2.05, 4.69) is 51.4 Å². The molecule has 1 N–H and O–H groups in total. The zero-order valence-electron chi connectivity index (χ0n) is 18.4. The SMILES string of the molecule is CCC#Cc1nn(CC(C)C)c(=O)n1Cc1ccc(-c2cccc(-c3nnn[nH]3)c2)cc1. The van der Waals surface area contributed by atoms with E-state index in [4.69, 9.17) is 0 Å². The van der Waals surface area contributed by atoms with Crippen LogP contribution in [0.3, 0.4) is 0 Å². The van der Waals surface area contributed by atoms with Gasteiger partial charge in [0.1, 0.15) is 0 Å². The van der Waals surface area contributed by atoms with Crippen LogP contribution >= 0.6 is 0 Å². The van der Waals surface area contributed by atoms with Gasteiger partial charge in [0.05, 0.1) is 6.54 Å². The Morgan fingerprint density at radius 3 is 2.53 bits per heavy atom. The van der Waals surface area contributed by atoms with Crippen LogP contribution < -0.4 is 5.69 Å². The van der Waals surface area contributed by atoms with Gasteiger partial charge in [0.25, 0.3) is 0 Å². The maximum Gasteiger partial charge on any atom is 0.347 e. The fraction of sp³-hybridized carbons (Fsp3) is 0.292. The molecule has 2 aromatic carbocycles. The van der Waals surface area contributed by atoms with Gasteiger partial charge >= 0.3 is 5.69 Å². The van der Waals surface area contributed by atoms with Crippen LogP contribution in [-0.2, 0) is 13.1 Å². The minimum absolute atomic E-state index is 0.128. The fourth-order valence-corrected chi connectivity index (χ4v) is 3.42. The number of aromatic amines is 1. The summed E-state index contributed by atoms with van der Waals surface area (Å²) in [5, 5.41) is 18.5. The normalized spacial score (nSPS) is 10.9. The number of benzene rings is 2. The van der Waals surface area contributed by atoms with Crippen LogP contribution in [-0.4, -0.2) is 35.0 Å². The number of rotatable bonds is 6. The third-order valence-corrected chi connectivity index (χ3v) is 4.95. The summed E-state index contributed by atoms with van der Waals surface area (Å²) in [5.74, 6) is 7.53. The molecule has 0 aliphatic heterocycles. The standard InChI is InChI=1S/C24H25N7O/c1-4-5-9-22-27-31(15-17(2)3)24(32)30(22)16-18-10-12-19(13-11-18)20-7-6-8-21(14-20)23-25-28-29-26-23/h6-8,10-14,17H,4,15-16H2,1-3H3,(H,25,26,28,29). The number of tetrazole rings is 1. The molecule has 0 saturated heterocycles. The van der Waals surface area contributed by atoms with Crippen molar-refractivity contribution in [2.45, 2.75) is 40.3 Å². The first kappa shape index (κ1) is 21.2. The fourth-order valence-electron chi connectivity index (χ4n) is 3.42. The smallest absolute Gasteiger partial charge is 0.264 e. The summed E-state index contributed by atoms with van der Waals surface area (Å²) in [5.41, 5.74) is 3.92. The summed E-state index contributed by atoms with van der Waals surface area (Å²) in [4.78, 5) is 12.9. The van der Waals surface area contributed by atoms with Gasteiger partial charge in [0.15, 0.2) is 5.82 Å². The van der Waals surface area contributed by atoms with E-state index >= 15 is 0 Å². The lowest BCUT2D eigenvalue weighted by atomic mass is 10.0. The largest absolute Gasteiger partial charge is 0.347 e. The molecule has 0 unspecified atom stereocenters. The summed E-state index contributed by atoms with van der Waals surface area (Å²) in [6.07, 6.45) is 0.711. The molecule has 0 radical (unpaired) electrons. The van der Waals surface area contributed by atoms with Crippen LogP contribution in [0.5, 0.6) is 0 Å². The molecule has 2 aromatic heterocycles. The summed E-state index contributed by atoms with van der Waals surface area (Å²) in [7, 11) is 0. The van der Waals surface area contributed by atoms with Gasteiger partial charge in [-0.3, -0.25) is 4.57 Å². The lowest BCUT2D eigenvalue weighted by Crippen LogP contribution is -2.27. The second-order valence-corrected chi connectivity index (χ2v) is 7.95. The molecular formula is C24H25N7O. The van der Waals surface area contributed by atoms with E-state index in [1.807, 2.05) is 55.5 Å². The number of nitrogens with one attached hydrogen (secondary N) is 1.